The fourth-order valence-electron chi connectivity index (χ4n) is 3.90. The summed E-state index contributed by atoms with van der Waals surface area (Å²) in [6.07, 6.45) is 5.64. The Hall–Kier alpha value is -1.95. The van der Waals surface area contributed by atoms with Gasteiger partial charge in [-0.05, 0) is 30.5 Å². The number of benzene rings is 1. The first-order valence-corrected chi connectivity index (χ1v) is 9.38. The average Bonchev–Trinajstić information content (AvgIpc) is 2.81. The van der Waals surface area contributed by atoms with E-state index in [1.54, 1.807) is 4.90 Å². The molecule has 2 aliphatic heterocycles. The predicted octanol–water partition coefficient (Wildman–Crippen LogP) is 2.15. The highest BCUT2D eigenvalue weighted by atomic mass is 79.9. The maximum Gasteiger partial charge on any atom is 0.233 e. The van der Waals surface area contributed by atoms with Crippen molar-refractivity contribution in [2.45, 2.75) is 25.3 Å². The summed E-state index contributed by atoms with van der Waals surface area (Å²) in [6, 6.07) is 7.52. The molecule has 0 bridgehead atoms. The van der Waals surface area contributed by atoms with Crippen molar-refractivity contribution in [1.29, 1.82) is 0 Å². The van der Waals surface area contributed by atoms with Gasteiger partial charge in [-0.3, -0.25) is 19.3 Å². The van der Waals surface area contributed by atoms with E-state index in [0.29, 0.717) is 32.4 Å². The molecule has 1 aliphatic carbocycles. The van der Waals surface area contributed by atoms with Gasteiger partial charge in [-0.1, -0.05) is 40.2 Å². The first kappa shape index (κ1) is 16.5. The van der Waals surface area contributed by atoms with Crippen LogP contribution in [0.3, 0.4) is 0 Å². The molecule has 2 saturated heterocycles. The van der Waals surface area contributed by atoms with Gasteiger partial charge in [-0.25, -0.2) is 0 Å². The summed E-state index contributed by atoms with van der Waals surface area (Å²) in [5.74, 6) is -0.444. The van der Waals surface area contributed by atoms with E-state index in [0.717, 1.165) is 10.0 Å². The highest BCUT2D eigenvalue weighted by Crippen LogP contribution is 2.37. The van der Waals surface area contributed by atoms with Gasteiger partial charge < -0.3 is 4.90 Å². The molecule has 0 radical (unpaired) electrons. The van der Waals surface area contributed by atoms with Crippen LogP contribution in [0.25, 0.3) is 0 Å². The number of hydrogen-bond acceptors (Lipinski definition) is 3. The minimum absolute atomic E-state index is 0.0387. The number of allylic oxidation sites excluding steroid dienone is 2. The Morgan fingerprint density at radius 1 is 1.00 bits per heavy atom. The van der Waals surface area contributed by atoms with Crippen LogP contribution in [-0.4, -0.2) is 46.7 Å². The van der Waals surface area contributed by atoms with E-state index in [2.05, 4.69) is 15.9 Å². The molecule has 0 spiro atoms. The van der Waals surface area contributed by atoms with Crippen molar-refractivity contribution in [2.75, 3.05) is 13.1 Å². The normalized spacial score (nSPS) is 26.0. The van der Waals surface area contributed by atoms with Crippen molar-refractivity contribution in [3.05, 3.63) is 46.5 Å². The number of hydrogen-bond donors (Lipinski definition) is 0. The Kier molecular flexibility index (Phi) is 4.23. The number of likely N-dealkylation sites (tertiary alicyclic amines) is 2. The van der Waals surface area contributed by atoms with Crippen molar-refractivity contribution in [1.82, 2.24) is 9.80 Å². The molecule has 0 saturated carbocycles. The van der Waals surface area contributed by atoms with Gasteiger partial charge in [0.2, 0.25) is 17.7 Å². The first-order valence-electron chi connectivity index (χ1n) is 8.58. The van der Waals surface area contributed by atoms with Gasteiger partial charge in [-0.2, -0.15) is 0 Å². The summed E-state index contributed by atoms with van der Waals surface area (Å²) >= 11 is 3.38. The lowest BCUT2D eigenvalue weighted by molar-refractivity contribution is -0.152. The van der Waals surface area contributed by atoms with Gasteiger partial charge in [0, 0.05) is 17.6 Å². The maximum absolute atomic E-state index is 12.5. The molecule has 130 valence electrons. The molecule has 2 fully saturated rings. The second-order valence-electron chi connectivity index (χ2n) is 6.96. The molecule has 4 rings (SSSR count). The third-order valence-electron chi connectivity index (χ3n) is 5.39. The highest BCUT2D eigenvalue weighted by Gasteiger charge is 2.52. The smallest absolute Gasteiger partial charge is 0.233 e. The Labute approximate surface area is 154 Å². The van der Waals surface area contributed by atoms with Crippen LogP contribution in [-0.2, 0) is 20.8 Å². The molecular weight excluding hydrogens is 384 g/mol. The summed E-state index contributed by atoms with van der Waals surface area (Å²) in [5, 5.41) is 0. The van der Waals surface area contributed by atoms with Crippen molar-refractivity contribution >= 4 is 33.7 Å². The number of fused-ring (bicyclic) bond motifs is 1. The molecule has 6 heteroatoms. The third-order valence-corrected chi connectivity index (χ3v) is 5.92. The van der Waals surface area contributed by atoms with Gasteiger partial charge in [0.05, 0.1) is 24.3 Å². The number of rotatable bonds is 3. The Bertz CT molecular complexity index is 726. The largest absolute Gasteiger partial charge is 0.338 e. The molecule has 2 unspecified atom stereocenters. The molecule has 3 aliphatic rings. The quantitative estimate of drug-likeness (QED) is 0.574. The maximum atomic E-state index is 12.5. The molecule has 25 heavy (non-hydrogen) atoms. The third kappa shape index (κ3) is 2.92. The number of imide groups is 1. The summed E-state index contributed by atoms with van der Waals surface area (Å²) in [5.41, 5.74) is 0.960. The van der Waals surface area contributed by atoms with Crippen LogP contribution in [0, 0.1) is 11.8 Å². The van der Waals surface area contributed by atoms with Crippen LogP contribution in [0.15, 0.2) is 40.9 Å². The van der Waals surface area contributed by atoms with Crippen molar-refractivity contribution in [2.24, 2.45) is 11.8 Å². The average molecular weight is 403 g/mol. The van der Waals surface area contributed by atoms with E-state index in [4.69, 9.17) is 0 Å². The van der Waals surface area contributed by atoms with E-state index in [1.807, 2.05) is 36.4 Å². The fourth-order valence-corrected chi connectivity index (χ4v) is 4.16. The number of carbonyl (C=O) groups is 3. The van der Waals surface area contributed by atoms with Crippen molar-refractivity contribution in [3.8, 4) is 0 Å². The lowest BCUT2D eigenvalue weighted by Gasteiger charge is -2.43. The molecule has 1 aromatic rings. The number of carbonyl (C=O) groups excluding carboxylic acids is 3. The van der Waals surface area contributed by atoms with Gasteiger partial charge in [-0.15, -0.1) is 0 Å². The number of amides is 3. The summed E-state index contributed by atoms with van der Waals surface area (Å²) in [7, 11) is 0. The topological polar surface area (TPSA) is 57.7 Å². The van der Waals surface area contributed by atoms with Gasteiger partial charge >= 0.3 is 0 Å². The molecule has 3 amide bonds. The molecular formula is C19H19BrN2O3. The van der Waals surface area contributed by atoms with Crippen LogP contribution in [0.4, 0.5) is 0 Å². The van der Waals surface area contributed by atoms with Crippen LogP contribution in [0.5, 0.6) is 0 Å². The Balaban J connectivity index is 1.35. The molecule has 0 N–H and O–H groups in total. The predicted molar refractivity (Wildman–Crippen MR) is 95.4 cm³/mol. The number of nitrogens with zero attached hydrogens (tertiary/aromatic N) is 2. The second kappa shape index (κ2) is 6.41. The first-order chi connectivity index (χ1) is 12.0. The van der Waals surface area contributed by atoms with Gasteiger partial charge in [0.15, 0.2) is 0 Å². The van der Waals surface area contributed by atoms with Crippen LogP contribution >= 0.6 is 15.9 Å². The lowest BCUT2D eigenvalue weighted by atomic mass is 9.85. The van der Waals surface area contributed by atoms with Crippen LogP contribution in [0.1, 0.15) is 18.4 Å². The Morgan fingerprint density at radius 3 is 2.12 bits per heavy atom. The molecule has 0 aromatic heterocycles. The van der Waals surface area contributed by atoms with E-state index in [1.165, 1.54) is 4.90 Å². The summed E-state index contributed by atoms with van der Waals surface area (Å²) in [6.45, 7) is 0.916. The zero-order chi connectivity index (χ0) is 17.6. The number of halogens is 1. The second-order valence-corrected chi connectivity index (χ2v) is 7.87. The van der Waals surface area contributed by atoms with Crippen LogP contribution in [0.2, 0.25) is 0 Å². The van der Waals surface area contributed by atoms with E-state index >= 15 is 0 Å². The zero-order valence-electron chi connectivity index (χ0n) is 13.7. The van der Waals surface area contributed by atoms with Gasteiger partial charge in [0.25, 0.3) is 0 Å². The van der Waals surface area contributed by atoms with Crippen LogP contribution < -0.4 is 0 Å². The monoisotopic (exact) mass is 402 g/mol. The summed E-state index contributed by atoms with van der Waals surface area (Å²) < 4.78 is 0.981. The Morgan fingerprint density at radius 2 is 1.56 bits per heavy atom. The molecule has 2 atom stereocenters. The van der Waals surface area contributed by atoms with Gasteiger partial charge in [0.1, 0.15) is 0 Å². The molecule has 5 nitrogen and oxygen atoms in total. The highest BCUT2D eigenvalue weighted by molar-refractivity contribution is 9.10. The SMILES string of the molecule is O=C(Cc1ccc(Br)cc1)N1CC(N2C(=O)C3CC=CCC3C2=O)C1. The fraction of sp³-hybridized carbons (Fsp3) is 0.421. The zero-order valence-corrected chi connectivity index (χ0v) is 15.3. The molecule has 1 aromatic carbocycles. The van der Waals surface area contributed by atoms with E-state index in [-0.39, 0.29) is 35.6 Å². The van der Waals surface area contributed by atoms with Crippen molar-refractivity contribution in [3.63, 3.8) is 0 Å². The standard InChI is InChI=1S/C19H19BrN2O3/c20-13-7-5-12(6-8-13)9-17(23)21-10-14(11-21)22-18(24)15-3-1-2-4-16(15)19(22)25/h1-2,5-8,14-16H,3-4,9-11H2. The lowest BCUT2D eigenvalue weighted by Crippen LogP contribution is -2.62. The molecule has 2 heterocycles. The minimum Gasteiger partial charge on any atom is -0.338 e. The minimum atomic E-state index is -0.190. The van der Waals surface area contributed by atoms with E-state index < -0.39 is 0 Å². The summed E-state index contributed by atoms with van der Waals surface area (Å²) in [4.78, 5) is 40.6. The van der Waals surface area contributed by atoms with Crippen molar-refractivity contribution < 1.29 is 14.4 Å². The van der Waals surface area contributed by atoms with E-state index in [9.17, 15) is 14.4 Å².